The van der Waals surface area contributed by atoms with Gasteiger partial charge in [-0.2, -0.15) is 0 Å². The Morgan fingerprint density at radius 2 is 2.10 bits per heavy atom. The number of nitrogens with zero attached hydrogens (tertiary/aromatic N) is 1. The van der Waals surface area contributed by atoms with Gasteiger partial charge in [0.25, 0.3) is 5.56 Å². The number of nitrogens with one attached hydrogen (secondary N) is 1. The van der Waals surface area contributed by atoms with E-state index in [4.69, 9.17) is 9.84 Å². The number of hydrogen-bond acceptors (Lipinski definition) is 6. The third-order valence-corrected chi connectivity index (χ3v) is 3.29. The predicted molar refractivity (Wildman–Crippen MR) is 72.3 cm³/mol. The lowest BCUT2D eigenvalue weighted by Crippen LogP contribution is -2.38. The van der Waals surface area contributed by atoms with Crippen LogP contribution in [0.15, 0.2) is 20.8 Å². The van der Waals surface area contributed by atoms with E-state index in [2.05, 4.69) is 20.9 Å². The highest BCUT2D eigenvalue weighted by Crippen LogP contribution is 2.27. The Balaban J connectivity index is 2.46. The van der Waals surface area contributed by atoms with Crippen molar-refractivity contribution in [3.8, 4) is 0 Å². The van der Waals surface area contributed by atoms with Gasteiger partial charge >= 0.3 is 5.69 Å². The summed E-state index contributed by atoms with van der Waals surface area (Å²) in [7, 11) is 0. The van der Waals surface area contributed by atoms with Crippen LogP contribution in [0.1, 0.15) is 11.8 Å². The van der Waals surface area contributed by atoms with Crippen molar-refractivity contribution in [1.29, 1.82) is 0 Å². The minimum atomic E-state index is -1.39. The van der Waals surface area contributed by atoms with Crippen molar-refractivity contribution >= 4 is 22.0 Å². The zero-order valence-corrected chi connectivity index (χ0v) is 11.7. The Kier molecular flexibility index (Phi) is 4.55. The molecule has 0 unspecified atom stereocenters. The first-order valence-corrected chi connectivity index (χ1v) is 6.66. The van der Waals surface area contributed by atoms with E-state index in [1.165, 1.54) is 17.3 Å². The first-order chi connectivity index (χ1) is 9.49. The van der Waals surface area contributed by atoms with Crippen LogP contribution < -0.4 is 11.2 Å². The lowest BCUT2D eigenvalue weighted by molar-refractivity contribution is -0.0550. The van der Waals surface area contributed by atoms with E-state index >= 15 is 0 Å². The molecule has 1 saturated heterocycles. The lowest BCUT2D eigenvalue weighted by atomic mass is 10.1. The van der Waals surface area contributed by atoms with Crippen molar-refractivity contribution in [3.63, 3.8) is 0 Å². The van der Waals surface area contributed by atoms with Gasteiger partial charge in [-0.1, -0.05) is 15.9 Å². The molecule has 0 amide bonds. The fourth-order valence-corrected chi connectivity index (χ4v) is 2.27. The van der Waals surface area contributed by atoms with Crippen LogP contribution in [0.25, 0.3) is 6.08 Å². The molecule has 110 valence electrons. The Hall–Kier alpha value is -1.26. The standard InChI is InChI=1S/C11H13BrN2O6/c12-2-1-5-3-14(11(19)13-9(5)18)10-8(17)7(16)6(4-15)20-10/h1-3,6-8,10,15-17H,4H2,(H,13,18,19)/b2-1-/t6-,7-,8+,10+/m1/s1. The predicted octanol–water partition coefficient (Wildman–Crippen LogP) is -1.49. The second-order valence-electron chi connectivity index (χ2n) is 4.27. The van der Waals surface area contributed by atoms with Gasteiger partial charge in [0.1, 0.15) is 18.3 Å². The number of hydrogen-bond donors (Lipinski definition) is 4. The second kappa shape index (κ2) is 6.02. The Bertz CT molecular complexity index is 624. The summed E-state index contributed by atoms with van der Waals surface area (Å²) in [5.41, 5.74) is -1.20. The fraction of sp³-hybridized carbons (Fsp3) is 0.455. The van der Waals surface area contributed by atoms with Crippen molar-refractivity contribution < 1.29 is 20.1 Å². The number of H-pyrrole nitrogens is 1. The van der Waals surface area contributed by atoms with Gasteiger partial charge in [-0.25, -0.2) is 4.79 Å². The zero-order valence-electron chi connectivity index (χ0n) is 10.1. The molecule has 2 heterocycles. The summed E-state index contributed by atoms with van der Waals surface area (Å²) in [5, 5.41) is 28.5. The summed E-state index contributed by atoms with van der Waals surface area (Å²) in [6, 6.07) is 0. The van der Waals surface area contributed by atoms with Crippen LogP contribution in [-0.4, -0.2) is 49.8 Å². The maximum absolute atomic E-state index is 11.8. The Morgan fingerprint density at radius 3 is 2.65 bits per heavy atom. The molecule has 1 aromatic heterocycles. The zero-order chi connectivity index (χ0) is 14.9. The van der Waals surface area contributed by atoms with Gasteiger partial charge < -0.3 is 20.1 Å². The van der Waals surface area contributed by atoms with Crippen LogP contribution in [0, 0.1) is 0 Å². The molecule has 0 spiro atoms. The van der Waals surface area contributed by atoms with Crippen LogP contribution >= 0.6 is 15.9 Å². The first-order valence-electron chi connectivity index (χ1n) is 5.74. The molecule has 0 aromatic carbocycles. The highest BCUT2D eigenvalue weighted by Gasteiger charge is 2.43. The molecule has 0 saturated carbocycles. The van der Waals surface area contributed by atoms with E-state index in [1.54, 1.807) is 0 Å². The Labute approximate surface area is 121 Å². The average molecular weight is 349 g/mol. The minimum absolute atomic E-state index is 0.166. The molecule has 1 aromatic rings. The number of rotatable bonds is 3. The molecule has 1 aliphatic heterocycles. The van der Waals surface area contributed by atoms with E-state index in [0.29, 0.717) is 0 Å². The molecule has 1 fully saturated rings. The third kappa shape index (κ3) is 2.63. The number of aliphatic hydroxyl groups excluding tert-OH is 3. The molecule has 4 N–H and O–H groups in total. The molecule has 8 nitrogen and oxygen atoms in total. The van der Waals surface area contributed by atoms with Gasteiger partial charge in [-0.15, -0.1) is 0 Å². The summed E-state index contributed by atoms with van der Waals surface area (Å²) >= 11 is 3.01. The monoisotopic (exact) mass is 348 g/mol. The van der Waals surface area contributed by atoms with Crippen LogP contribution in [0.5, 0.6) is 0 Å². The number of aliphatic hydroxyl groups is 3. The van der Waals surface area contributed by atoms with Crippen LogP contribution in [0.2, 0.25) is 0 Å². The SMILES string of the molecule is O=c1[nH]c(=O)n([C@H]2O[C@H](CO)[C@@H](O)[C@@H]2O)cc1/C=C\Br. The van der Waals surface area contributed by atoms with Crippen LogP contribution in [-0.2, 0) is 4.74 Å². The van der Waals surface area contributed by atoms with Crippen molar-refractivity contribution in [2.45, 2.75) is 24.5 Å². The molecule has 2 rings (SSSR count). The largest absolute Gasteiger partial charge is 0.394 e. The molecule has 9 heteroatoms. The minimum Gasteiger partial charge on any atom is -0.394 e. The number of aromatic amines is 1. The Morgan fingerprint density at radius 1 is 1.40 bits per heavy atom. The van der Waals surface area contributed by atoms with Gasteiger partial charge in [0.05, 0.1) is 12.2 Å². The maximum Gasteiger partial charge on any atom is 0.330 e. The smallest absolute Gasteiger partial charge is 0.330 e. The summed E-state index contributed by atoms with van der Waals surface area (Å²) in [6.45, 7) is -0.499. The first kappa shape index (κ1) is 15.1. The van der Waals surface area contributed by atoms with Crippen molar-refractivity contribution in [2.75, 3.05) is 6.61 Å². The normalized spacial score (nSPS) is 30.2. The number of aromatic nitrogens is 2. The topological polar surface area (TPSA) is 125 Å². The molecule has 20 heavy (non-hydrogen) atoms. The summed E-state index contributed by atoms with van der Waals surface area (Å²) < 4.78 is 6.20. The van der Waals surface area contributed by atoms with Crippen LogP contribution in [0.4, 0.5) is 0 Å². The van der Waals surface area contributed by atoms with Gasteiger partial charge in [-0.05, 0) is 11.1 Å². The van der Waals surface area contributed by atoms with Gasteiger partial charge in [-0.3, -0.25) is 14.3 Å². The van der Waals surface area contributed by atoms with E-state index in [1.807, 2.05) is 0 Å². The van der Waals surface area contributed by atoms with Gasteiger partial charge in [0.2, 0.25) is 0 Å². The lowest BCUT2D eigenvalue weighted by Gasteiger charge is -2.17. The quantitative estimate of drug-likeness (QED) is 0.527. The summed E-state index contributed by atoms with van der Waals surface area (Å²) in [5.74, 6) is 0. The third-order valence-electron chi connectivity index (χ3n) is 3.03. The van der Waals surface area contributed by atoms with E-state index in [-0.39, 0.29) is 5.56 Å². The summed E-state index contributed by atoms with van der Waals surface area (Å²) in [6.07, 6.45) is -2.27. The summed E-state index contributed by atoms with van der Waals surface area (Å²) in [4.78, 5) is 26.8. The molecule has 4 atom stereocenters. The molecular formula is C11H13BrN2O6. The van der Waals surface area contributed by atoms with Crippen LogP contribution in [0.3, 0.4) is 0 Å². The molecule has 0 aliphatic carbocycles. The molecular weight excluding hydrogens is 336 g/mol. The molecule has 0 radical (unpaired) electrons. The maximum atomic E-state index is 11.8. The van der Waals surface area contributed by atoms with Crippen molar-refractivity contribution in [3.05, 3.63) is 37.6 Å². The van der Waals surface area contributed by atoms with E-state index < -0.39 is 42.4 Å². The van der Waals surface area contributed by atoms with Crippen molar-refractivity contribution in [2.24, 2.45) is 0 Å². The van der Waals surface area contributed by atoms with E-state index in [0.717, 1.165) is 4.57 Å². The second-order valence-corrected chi connectivity index (χ2v) is 4.80. The highest BCUT2D eigenvalue weighted by molar-refractivity contribution is 9.11. The average Bonchev–Trinajstić information content (AvgIpc) is 2.70. The van der Waals surface area contributed by atoms with E-state index in [9.17, 15) is 19.8 Å². The van der Waals surface area contributed by atoms with Gasteiger partial charge in [0, 0.05) is 6.20 Å². The van der Waals surface area contributed by atoms with Crippen molar-refractivity contribution in [1.82, 2.24) is 9.55 Å². The number of halogens is 1. The molecule has 0 bridgehead atoms. The number of ether oxygens (including phenoxy) is 1. The molecule has 1 aliphatic rings. The van der Waals surface area contributed by atoms with Gasteiger partial charge in [0.15, 0.2) is 6.23 Å². The fourth-order valence-electron chi connectivity index (χ4n) is 1.99. The highest BCUT2D eigenvalue weighted by atomic mass is 79.9.